The molecule has 1 aliphatic rings. The van der Waals surface area contributed by atoms with Gasteiger partial charge in [-0.1, -0.05) is 56.0 Å². The van der Waals surface area contributed by atoms with E-state index in [1.165, 1.54) is 44.1 Å². The fourth-order valence-corrected chi connectivity index (χ4v) is 4.28. The molecule has 0 aliphatic heterocycles. The third-order valence-electron chi connectivity index (χ3n) is 4.93. The summed E-state index contributed by atoms with van der Waals surface area (Å²) in [4.78, 5) is 0. The van der Waals surface area contributed by atoms with Crippen LogP contribution in [0, 0.1) is 5.92 Å². The molecular weight excluding hydrogens is 318 g/mol. The van der Waals surface area contributed by atoms with Crippen molar-refractivity contribution in [3.8, 4) is 5.75 Å². The van der Waals surface area contributed by atoms with Crippen LogP contribution in [-0.2, 0) is 19.2 Å². The second-order valence-corrected chi connectivity index (χ2v) is 7.58. The molecule has 0 spiro atoms. The molecule has 1 saturated carbocycles. The minimum atomic E-state index is 0.881. The highest BCUT2D eigenvalue weighted by Crippen LogP contribution is 2.28. The first-order chi connectivity index (χ1) is 11.8. The third-order valence-corrected chi connectivity index (χ3v) is 6.02. The van der Waals surface area contributed by atoms with E-state index in [4.69, 9.17) is 4.74 Å². The highest BCUT2D eigenvalue weighted by molar-refractivity contribution is 7.98. The lowest BCUT2D eigenvalue weighted by atomic mass is 9.86. The summed E-state index contributed by atoms with van der Waals surface area (Å²) in [5, 5.41) is 9.79. The van der Waals surface area contributed by atoms with Gasteiger partial charge < -0.3 is 9.30 Å². The topological polar surface area (TPSA) is 39.9 Å². The van der Waals surface area contributed by atoms with Gasteiger partial charge in [-0.15, -0.1) is 10.2 Å². The Morgan fingerprint density at radius 2 is 2.04 bits per heavy atom. The minimum Gasteiger partial charge on any atom is -0.497 e. The Hall–Kier alpha value is -1.49. The summed E-state index contributed by atoms with van der Waals surface area (Å²) in [6.07, 6.45) is 9.34. The van der Waals surface area contributed by atoms with E-state index in [1.54, 1.807) is 18.9 Å². The molecule has 3 rings (SSSR count). The zero-order chi connectivity index (χ0) is 16.8. The van der Waals surface area contributed by atoms with Gasteiger partial charge in [-0.05, 0) is 30.0 Å². The second kappa shape index (κ2) is 8.56. The van der Waals surface area contributed by atoms with Crippen molar-refractivity contribution in [2.45, 2.75) is 55.9 Å². The molecule has 0 saturated heterocycles. The Labute approximate surface area is 149 Å². The Morgan fingerprint density at radius 3 is 2.83 bits per heavy atom. The number of nitrogens with zero attached hydrogens (tertiary/aromatic N) is 3. The largest absolute Gasteiger partial charge is 0.497 e. The van der Waals surface area contributed by atoms with E-state index in [0.29, 0.717) is 0 Å². The van der Waals surface area contributed by atoms with Crippen molar-refractivity contribution in [3.63, 3.8) is 0 Å². The van der Waals surface area contributed by atoms with E-state index in [0.717, 1.165) is 34.8 Å². The first-order valence-corrected chi connectivity index (χ1v) is 9.89. The van der Waals surface area contributed by atoms with Crippen molar-refractivity contribution in [3.05, 3.63) is 35.7 Å². The Bertz CT molecular complexity index is 650. The number of benzene rings is 1. The van der Waals surface area contributed by atoms with Gasteiger partial charge in [-0.3, -0.25) is 0 Å². The van der Waals surface area contributed by atoms with Gasteiger partial charge in [0.05, 0.1) is 7.11 Å². The highest BCUT2D eigenvalue weighted by atomic mass is 32.2. The first-order valence-electron chi connectivity index (χ1n) is 8.90. The van der Waals surface area contributed by atoms with Crippen LogP contribution in [0.15, 0.2) is 29.4 Å². The van der Waals surface area contributed by atoms with E-state index in [2.05, 4.69) is 33.9 Å². The Kier molecular flexibility index (Phi) is 6.18. The zero-order valence-corrected chi connectivity index (χ0v) is 15.5. The smallest absolute Gasteiger partial charge is 0.191 e. The molecule has 4 nitrogen and oxygen atoms in total. The summed E-state index contributed by atoms with van der Waals surface area (Å²) in [5.74, 6) is 3.79. The van der Waals surface area contributed by atoms with E-state index < -0.39 is 0 Å². The number of thioether (sulfide) groups is 1. The van der Waals surface area contributed by atoms with Crippen LogP contribution in [0.1, 0.15) is 49.9 Å². The fourth-order valence-electron chi connectivity index (χ4n) is 3.41. The van der Waals surface area contributed by atoms with Crippen molar-refractivity contribution < 1.29 is 4.74 Å². The molecule has 0 amide bonds. The molecule has 0 bridgehead atoms. The average molecular weight is 346 g/mol. The van der Waals surface area contributed by atoms with Crippen LogP contribution >= 0.6 is 11.8 Å². The maximum absolute atomic E-state index is 5.28. The van der Waals surface area contributed by atoms with Crippen LogP contribution < -0.4 is 4.74 Å². The molecule has 1 heterocycles. The monoisotopic (exact) mass is 345 g/mol. The van der Waals surface area contributed by atoms with Gasteiger partial charge in [0.15, 0.2) is 5.16 Å². The average Bonchev–Trinajstić information content (AvgIpc) is 2.99. The molecule has 5 heteroatoms. The summed E-state index contributed by atoms with van der Waals surface area (Å²) in [7, 11) is 3.79. The van der Waals surface area contributed by atoms with Crippen LogP contribution in [0.5, 0.6) is 5.75 Å². The predicted octanol–water partition coefficient (Wildman–Crippen LogP) is 4.63. The van der Waals surface area contributed by atoms with Crippen molar-refractivity contribution >= 4 is 11.8 Å². The van der Waals surface area contributed by atoms with E-state index >= 15 is 0 Å². The standard InChI is InChI=1S/C19H27N3OS/c1-22-18(12-11-15-7-4-3-5-8-15)20-21-19(22)24-14-16-9-6-10-17(13-16)23-2/h6,9-10,13,15H,3-5,7-8,11-12,14H2,1-2H3. The van der Waals surface area contributed by atoms with Gasteiger partial charge in [0.2, 0.25) is 0 Å². The quantitative estimate of drug-likeness (QED) is 0.686. The maximum atomic E-state index is 5.28. The van der Waals surface area contributed by atoms with Gasteiger partial charge in [-0.25, -0.2) is 0 Å². The SMILES string of the molecule is COc1cccc(CSc2nnc(CCC3CCCCC3)n2C)c1. The zero-order valence-electron chi connectivity index (χ0n) is 14.7. The number of rotatable bonds is 7. The van der Waals surface area contributed by atoms with Gasteiger partial charge >= 0.3 is 0 Å². The van der Waals surface area contributed by atoms with Crippen LogP contribution in [0.2, 0.25) is 0 Å². The van der Waals surface area contributed by atoms with Gasteiger partial charge in [-0.2, -0.15) is 0 Å². The summed E-state index contributed by atoms with van der Waals surface area (Å²) in [6.45, 7) is 0. The lowest BCUT2D eigenvalue weighted by Crippen LogP contribution is -2.09. The molecule has 1 aromatic heterocycles. The van der Waals surface area contributed by atoms with E-state index in [9.17, 15) is 0 Å². The predicted molar refractivity (Wildman–Crippen MR) is 98.5 cm³/mol. The fraction of sp³-hybridized carbons (Fsp3) is 0.579. The molecule has 1 fully saturated rings. The molecule has 0 radical (unpaired) electrons. The second-order valence-electron chi connectivity index (χ2n) is 6.64. The summed E-state index contributed by atoms with van der Waals surface area (Å²) < 4.78 is 7.44. The molecule has 0 unspecified atom stereocenters. The van der Waals surface area contributed by atoms with Gasteiger partial charge in [0, 0.05) is 19.2 Å². The third kappa shape index (κ3) is 4.53. The molecule has 0 N–H and O–H groups in total. The minimum absolute atomic E-state index is 0.881. The molecule has 130 valence electrons. The van der Waals surface area contributed by atoms with Crippen molar-refractivity contribution in [2.75, 3.05) is 7.11 Å². The number of hydrogen-bond acceptors (Lipinski definition) is 4. The van der Waals surface area contributed by atoms with Crippen LogP contribution in [0.4, 0.5) is 0 Å². The normalized spacial score (nSPS) is 15.6. The Balaban J connectivity index is 1.54. The molecule has 24 heavy (non-hydrogen) atoms. The van der Waals surface area contributed by atoms with E-state index in [1.807, 2.05) is 12.1 Å². The molecule has 0 atom stereocenters. The van der Waals surface area contributed by atoms with Crippen LogP contribution in [0.25, 0.3) is 0 Å². The van der Waals surface area contributed by atoms with E-state index in [-0.39, 0.29) is 0 Å². The summed E-state index contributed by atoms with van der Waals surface area (Å²) >= 11 is 1.74. The number of aromatic nitrogens is 3. The van der Waals surface area contributed by atoms with Crippen molar-refractivity contribution in [2.24, 2.45) is 13.0 Å². The van der Waals surface area contributed by atoms with Crippen LogP contribution in [-0.4, -0.2) is 21.9 Å². The summed E-state index contributed by atoms with van der Waals surface area (Å²) in [5.41, 5.74) is 1.24. The van der Waals surface area contributed by atoms with Crippen molar-refractivity contribution in [1.29, 1.82) is 0 Å². The number of aryl methyl sites for hydroxylation is 1. The molecule has 1 aliphatic carbocycles. The number of ether oxygens (including phenoxy) is 1. The van der Waals surface area contributed by atoms with Crippen molar-refractivity contribution in [1.82, 2.24) is 14.8 Å². The molecule has 1 aromatic carbocycles. The van der Waals surface area contributed by atoms with Gasteiger partial charge in [0.1, 0.15) is 11.6 Å². The lowest BCUT2D eigenvalue weighted by Gasteiger charge is -2.20. The number of methoxy groups -OCH3 is 1. The summed E-state index contributed by atoms with van der Waals surface area (Å²) in [6, 6.07) is 8.20. The molecule has 2 aromatic rings. The maximum Gasteiger partial charge on any atom is 0.191 e. The van der Waals surface area contributed by atoms with Crippen LogP contribution in [0.3, 0.4) is 0 Å². The highest BCUT2D eigenvalue weighted by Gasteiger charge is 2.16. The molecular formula is C19H27N3OS. The Morgan fingerprint density at radius 1 is 1.21 bits per heavy atom. The number of hydrogen-bond donors (Lipinski definition) is 0. The first kappa shape index (κ1) is 17.3. The lowest BCUT2D eigenvalue weighted by molar-refractivity contribution is 0.336. The van der Waals surface area contributed by atoms with Gasteiger partial charge in [0.25, 0.3) is 0 Å².